The Balaban J connectivity index is 1.64. The minimum atomic E-state index is -0.564. The predicted octanol–water partition coefficient (Wildman–Crippen LogP) is 4.08. The molecule has 1 fully saturated rings. The molecule has 1 aliphatic heterocycles. The van der Waals surface area contributed by atoms with Gasteiger partial charge in [0.15, 0.2) is 11.6 Å². The molecule has 4 rings (SSSR count). The molecule has 2 heterocycles. The third-order valence-corrected chi connectivity index (χ3v) is 5.98. The topological polar surface area (TPSA) is 114 Å². The quantitative estimate of drug-likeness (QED) is 0.407. The van der Waals surface area contributed by atoms with Crippen LogP contribution in [0, 0.1) is 11.7 Å². The second-order valence-corrected chi connectivity index (χ2v) is 9.42. The summed E-state index contributed by atoms with van der Waals surface area (Å²) in [7, 11) is 0. The minimum absolute atomic E-state index is 0.0256. The molecule has 2 amide bonds. The Morgan fingerprint density at radius 3 is 2.68 bits per heavy atom. The largest absolute Gasteiger partial charge is 0.488 e. The first-order valence-electron chi connectivity index (χ1n) is 11.8. The van der Waals surface area contributed by atoms with Gasteiger partial charge in [-0.25, -0.2) is 9.37 Å². The Morgan fingerprint density at radius 1 is 1.24 bits per heavy atom. The number of benzene rings is 2. The normalized spacial score (nSPS) is 15.3. The lowest BCUT2D eigenvalue weighted by atomic mass is 9.96. The van der Waals surface area contributed by atoms with Crippen molar-refractivity contribution in [2.45, 2.75) is 39.3 Å². The summed E-state index contributed by atoms with van der Waals surface area (Å²) in [5.41, 5.74) is 0.578. The molecule has 0 aliphatic carbocycles. The van der Waals surface area contributed by atoms with Crippen LogP contribution in [0.15, 0.2) is 53.5 Å². The number of halogens is 2. The number of aromatic nitrogens is 2. The van der Waals surface area contributed by atoms with E-state index in [1.807, 2.05) is 0 Å². The third kappa shape index (κ3) is 6.65. The number of amides is 2. The first kappa shape index (κ1) is 26.2. The van der Waals surface area contributed by atoms with Gasteiger partial charge < -0.3 is 20.7 Å². The highest BCUT2D eigenvalue weighted by Crippen LogP contribution is 2.25. The lowest BCUT2D eigenvalue weighted by Crippen LogP contribution is -2.39. The van der Waals surface area contributed by atoms with Crippen LogP contribution >= 0.6 is 11.6 Å². The van der Waals surface area contributed by atoms with Gasteiger partial charge in [0.05, 0.1) is 18.8 Å². The molecule has 0 bridgehead atoms. The number of carbonyl (C=O) groups is 2. The van der Waals surface area contributed by atoms with E-state index >= 15 is 0 Å². The van der Waals surface area contributed by atoms with Crippen molar-refractivity contribution in [2.24, 2.45) is 5.92 Å². The van der Waals surface area contributed by atoms with Crippen molar-refractivity contribution >= 4 is 40.7 Å². The summed E-state index contributed by atoms with van der Waals surface area (Å²) >= 11 is 6.00. The number of nitrogens with one attached hydrogen (secondary N) is 3. The van der Waals surface area contributed by atoms with E-state index in [9.17, 15) is 18.8 Å². The van der Waals surface area contributed by atoms with Gasteiger partial charge >= 0.3 is 0 Å². The molecular formula is C26H27ClFN5O4. The van der Waals surface area contributed by atoms with Gasteiger partial charge in [-0.15, -0.1) is 0 Å². The maximum absolute atomic E-state index is 14.5. The molecule has 37 heavy (non-hydrogen) atoms. The molecule has 1 aromatic heterocycles. The first-order chi connectivity index (χ1) is 17.7. The van der Waals surface area contributed by atoms with E-state index in [4.69, 9.17) is 16.3 Å². The SMILES string of the molecule is CC(C)Oc1ccc(Nc2ncc(NC(=O)C3CCNC(=O)C3)c(=O)n2Cc2ccc(Cl)cc2)cc1F. The van der Waals surface area contributed by atoms with Crippen molar-refractivity contribution in [1.29, 1.82) is 0 Å². The Kier molecular flexibility index (Phi) is 8.08. The number of piperidine rings is 1. The summed E-state index contributed by atoms with van der Waals surface area (Å²) in [6, 6.07) is 11.3. The number of carbonyl (C=O) groups excluding carboxylic acids is 2. The van der Waals surface area contributed by atoms with Gasteiger partial charge in [-0.3, -0.25) is 19.0 Å². The van der Waals surface area contributed by atoms with Crippen molar-refractivity contribution in [1.82, 2.24) is 14.9 Å². The fourth-order valence-electron chi connectivity index (χ4n) is 3.90. The Hall–Kier alpha value is -3.92. The van der Waals surface area contributed by atoms with Gasteiger partial charge in [0.2, 0.25) is 17.8 Å². The molecule has 194 valence electrons. The molecule has 3 aromatic rings. The van der Waals surface area contributed by atoms with Crippen molar-refractivity contribution in [3.8, 4) is 5.75 Å². The molecule has 0 spiro atoms. The highest BCUT2D eigenvalue weighted by molar-refractivity contribution is 6.30. The zero-order valence-electron chi connectivity index (χ0n) is 20.4. The average Bonchev–Trinajstić information content (AvgIpc) is 2.85. The van der Waals surface area contributed by atoms with Gasteiger partial charge in [0, 0.05) is 35.7 Å². The standard InChI is InChI=1S/C26H27ClFN5O4/c1-15(2)37-22-8-7-19(12-20(22)28)31-26-30-13-21(32-24(35)17-9-10-29-23(34)11-17)25(36)33(26)14-16-3-5-18(27)6-4-16/h3-8,12-13,15,17H,9-11,14H2,1-2H3,(H,29,34)(H,30,31)(H,32,35). The van der Waals surface area contributed by atoms with E-state index < -0.39 is 23.2 Å². The molecule has 2 aromatic carbocycles. The van der Waals surface area contributed by atoms with Crippen LogP contribution in [-0.2, 0) is 16.1 Å². The smallest absolute Gasteiger partial charge is 0.279 e. The zero-order chi connectivity index (χ0) is 26.5. The Morgan fingerprint density at radius 2 is 2.00 bits per heavy atom. The lowest BCUT2D eigenvalue weighted by Gasteiger charge is -2.21. The highest BCUT2D eigenvalue weighted by Gasteiger charge is 2.26. The minimum Gasteiger partial charge on any atom is -0.488 e. The molecular weight excluding hydrogens is 501 g/mol. The fourth-order valence-corrected chi connectivity index (χ4v) is 4.02. The molecule has 1 aliphatic rings. The summed E-state index contributed by atoms with van der Waals surface area (Å²) in [5.74, 6) is -1.47. The number of nitrogens with zero attached hydrogens (tertiary/aromatic N) is 2. The summed E-state index contributed by atoms with van der Waals surface area (Å²) in [5, 5.41) is 8.83. The molecule has 3 N–H and O–H groups in total. The molecule has 9 nitrogen and oxygen atoms in total. The second kappa shape index (κ2) is 11.4. The Labute approximate surface area is 218 Å². The number of ether oxygens (including phenoxy) is 1. The van der Waals surface area contributed by atoms with Crippen LogP contribution in [0.3, 0.4) is 0 Å². The van der Waals surface area contributed by atoms with Crippen LogP contribution in [0.25, 0.3) is 0 Å². The maximum atomic E-state index is 14.5. The predicted molar refractivity (Wildman–Crippen MR) is 139 cm³/mol. The van der Waals surface area contributed by atoms with Crippen LogP contribution in [0.2, 0.25) is 5.02 Å². The maximum Gasteiger partial charge on any atom is 0.279 e. The van der Waals surface area contributed by atoms with E-state index in [0.29, 0.717) is 23.7 Å². The molecule has 1 saturated heterocycles. The summed E-state index contributed by atoms with van der Waals surface area (Å²) in [4.78, 5) is 42.2. The van der Waals surface area contributed by atoms with Gasteiger partial charge in [-0.2, -0.15) is 0 Å². The van der Waals surface area contributed by atoms with E-state index in [-0.39, 0.29) is 42.4 Å². The van der Waals surface area contributed by atoms with E-state index in [0.717, 1.165) is 5.56 Å². The van der Waals surface area contributed by atoms with Crippen LogP contribution in [0.4, 0.5) is 21.7 Å². The van der Waals surface area contributed by atoms with Crippen LogP contribution < -0.4 is 26.2 Å². The number of hydrogen-bond donors (Lipinski definition) is 3. The van der Waals surface area contributed by atoms with Crippen LogP contribution in [0.1, 0.15) is 32.3 Å². The van der Waals surface area contributed by atoms with E-state index in [1.54, 1.807) is 44.2 Å². The summed E-state index contributed by atoms with van der Waals surface area (Å²) in [6.45, 7) is 4.11. The van der Waals surface area contributed by atoms with Gasteiger partial charge in [0.25, 0.3) is 5.56 Å². The van der Waals surface area contributed by atoms with E-state index in [1.165, 1.54) is 22.9 Å². The second-order valence-electron chi connectivity index (χ2n) is 8.98. The molecule has 0 saturated carbocycles. The fraction of sp³-hybridized carbons (Fsp3) is 0.308. The Bertz CT molecular complexity index is 1360. The van der Waals surface area contributed by atoms with Gasteiger partial charge in [-0.1, -0.05) is 23.7 Å². The summed E-state index contributed by atoms with van der Waals surface area (Å²) in [6.07, 6.45) is 1.59. The first-order valence-corrected chi connectivity index (χ1v) is 12.2. The van der Waals surface area contributed by atoms with Crippen LogP contribution in [-0.4, -0.2) is 34.0 Å². The van der Waals surface area contributed by atoms with Crippen molar-refractivity contribution in [2.75, 3.05) is 17.2 Å². The third-order valence-electron chi connectivity index (χ3n) is 5.73. The summed E-state index contributed by atoms with van der Waals surface area (Å²) < 4.78 is 21.3. The van der Waals surface area contributed by atoms with Crippen LogP contribution in [0.5, 0.6) is 5.75 Å². The highest BCUT2D eigenvalue weighted by atomic mass is 35.5. The van der Waals surface area contributed by atoms with Gasteiger partial charge in [-0.05, 0) is 50.1 Å². The average molecular weight is 528 g/mol. The van der Waals surface area contributed by atoms with Crippen molar-refractivity contribution < 1.29 is 18.7 Å². The monoisotopic (exact) mass is 527 g/mol. The molecule has 1 unspecified atom stereocenters. The number of rotatable bonds is 8. The van der Waals surface area contributed by atoms with Crippen molar-refractivity contribution in [3.05, 3.63) is 75.4 Å². The molecule has 11 heteroatoms. The van der Waals surface area contributed by atoms with Crippen molar-refractivity contribution in [3.63, 3.8) is 0 Å². The number of anilines is 3. The lowest BCUT2D eigenvalue weighted by molar-refractivity contribution is -0.129. The zero-order valence-corrected chi connectivity index (χ0v) is 21.1. The van der Waals surface area contributed by atoms with Gasteiger partial charge in [0.1, 0.15) is 5.69 Å². The molecule has 0 radical (unpaired) electrons. The van der Waals surface area contributed by atoms with E-state index in [2.05, 4.69) is 20.9 Å². The number of hydrogen-bond acceptors (Lipinski definition) is 6. The molecule has 1 atom stereocenters.